The molecule has 0 aromatic heterocycles. The van der Waals surface area contributed by atoms with Crippen molar-refractivity contribution < 1.29 is 14.4 Å². The highest BCUT2D eigenvalue weighted by Gasteiger charge is 2.64. The number of benzene rings is 1. The lowest BCUT2D eigenvalue weighted by atomic mass is 9.70. The first-order chi connectivity index (χ1) is 10.8. The fourth-order valence-corrected chi connectivity index (χ4v) is 4.07. The van der Waals surface area contributed by atoms with Gasteiger partial charge in [-0.25, -0.2) is 4.79 Å². The third-order valence-electron chi connectivity index (χ3n) is 5.86. The van der Waals surface area contributed by atoms with E-state index in [1.165, 1.54) is 12.0 Å². The number of carbonyl (C=O) groups is 2. The maximum absolute atomic E-state index is 12.9. The van der Waals surface area contributed by atoms with Crippen molar-refractivity contribution in [3.63, 3.8) is 0 Å². The molecule has 2 atom stereocenters. The number of rotatable bonds is 3. The quantitative estimate of drug-likeness (QED) is 0.627. The summed E-state index contributed by atoms with van der Waals surface area (Å²) >= 11 is 0. The summed E-state index contributed by atoms with van der Waals surface area (Å²) in [7, 11) is 0. The average Bonchev–Trinajstić information content (AvgIpc) is 2.81. The topological polar surface area (TPSA) is 46.6 Å². The van der Waals surface area contributed by atoms with E-state index in [2.05, 4.69) is 20.8 Å². The summed E-state index contributed by atoms with van der Waals surface area (Å²) in [5.41, 5.74) is 1.12. The minimum absolute atomic E-state index is 0.0610. The Labute approximate surface area is 137 Å². The molecule has 2 aliphatic carbocycles. The SMILES string of the molecule is CC(=O)ON(C=C1C(=O)[C@]2(C)CC[C@@H]1C2(C)C)c1ccccc1. The third kappa shape index (κ3) is 2.28. The highest BCUT2D eigenvalue weighted by Crippen LogP contribution is 2.65. The van der Waals surface area contributed by atoms with Crippen LogP contribution in [0, 0.1) is 16.7 Å². The lowest BCUT2D eigenvalue weighted by molar-refractivity contribution is -0.141. The molecule has 23 heavy (non-hydrogen) atoms. The molecule has 2 fully saturated rings. The van der Waals surface area contributed by atoms with Gasteiger partial charge in [-0.1, -0.05) is 39.0 Å². The van der Waals surface area contributed by atoms with Gasteiger partial charge < -0.3 is 4.84 Å². The molecule has 1 aromatic rings. The summed E-state index contributed by atoms with van der Waals surface area (Å²) in [5.74, 6) is -0.0135. The third-order valence-corrected chi connectivity index (χ3v) is 5.86. The van der Waals surface area contributed by atoms with Gasteiger partial charge in [0.25, 0.3) is 0 Å². The van der Waals surface area contributed by atoms with Crippen molar-refractivity contribution in [2.24, 2.45) is 16.7 Å². The fraction of sp³-hybridized carbons (Fsp3) is 0.474. The lowest BCUT2D eigenvalue weighted by Gasteiger charge is -2.31. The molecule has 0 radical (unpaired) electrons. The summed E-state index contributed by atoms with van der Waals surface area (Å²) in [5, 5.41) is 1.43. The number of fused-ring (bicyclic) bond motifs is 2. The zero-order chi connectivity index (χ0) is 16.8. The molecule has 2 aliphatic rings. The molecule has 0 amide bonds. The van der Waals surface area contributed by atoms with Gasteiger partial charge in [0, 0.05) is 17.9 Å². The Bertz CT molecular complexity index is 677. The highest BCUT2D eigenvalue weighted by molar-refractivity contribution is 6.05. The van der Waals surface area contributed by atoms with Gasteiger partial charge in [-0.05, 0) is 36.3 Å². The van der Waals surface area contributed by atoms with Crippen molar-refractivity contribution in [2.75, 3.05) is 5.06 Å². The van der Waals surface area contributed by atoms with Crippen molar-refractivity contribution in [3.8, 4) is 0 Å². The summed E-state index contributed by atoms with van der Waals surface area (Å²) < 4.78 is 0. The second-order valence-corrected chi connectivity index (χ2v) is 7.30. The monoisotopic (exact) mass is 313 g/mol. The Morgan fingerprint density at radius 3 is 2.43 bits per heavy atom. The Hall–Kier alpha value is -2.10. The fourth-order valence-electron chi connectivity index (χ4n) is 4.07. The molecule has 0 aliphatic heterocycles. The summed E-state index contributed by atoms with van der Waals surface area (Å²) in [6.07, 6.45) is 3.65. The zero-order valence-electron chi connectivity index (χ0n) is 14.1. The van der Waals surface area contributed by atoms with Crippen LogP contribution in [0.3, 0.4) is 0 Å². The van der Waals surface area contributed by atoms with Crippen LogP contribution >= 0.6 is 0 Å². The number of para-hydroxylation sites is 1. The summed E-state index contributed by atoms with van der Waals surface area (Å²) in [6.45, 7) is 7.77. The van der Waals surface area contributed by atoms with Gasteiger partial charge in [-0.3, -0.25) is 4.79 Å². The van der Waals surface area contributed by atoms with Crippen molar-refractivity contribution >= 4 is 17.4 Å². The molecular weight excluding hydrogens is 290 g/mol. The van der Waals surface area contributed by atoms with E-state index in [0.29, 0.717) is 0 Å². The van der Waals surface area contributed by atoms with E-state index < -0.39 is 5.97 Å². The smallest absolute Gasteiger partial charge is 0.329 e. The first kappa shape index (κ1) is 15.8. The van der Waals surface area contributed by atoms with Crippen molar-refractivity contribution in [1.82, 2.24) is 0 Å². The van der Waals surface area contributed by atoms with E-state index in [-0.39, 0.29) is 22.5 Å². The molecule has 2 bridgehead atoms. The number of ketones is 1. The molecule has 0 spiro atoms. The molecule has 122 valence electrons. The van der Waals surface area contributed by atoms with Crippen LogP contribution in [0.5, 0.6) is 0 Å². The average molecular weight is 313 g/mol. The van der Waals surface area contributed by atoms with E-state index in [9.17, 15) is 9.59 Å². The minimum Gasteiger partial charge on any atom is -0.337 e. The predicted molar refractivity (Wildman–Crippen MR) is 88.4 cm³/mol. The standard InChI is InChI=1S/C19H23NO3/c1-13(21)23-20(14-8-6-5-7-9-14)12-15-16-10-11-19(4,17(15)22)18(16,2)3/h5-9,12,16H,10-11H2,1-4H3/t16-,19-/m0/s1. The van der Waals surface area contributed by atoms with Crippen LogP contribution in [0.25, 0.3) is 0 Å². The van der Waals surface area contributed by atoms with Gasteiger partial charge >= 0.3 is 5.97 Å². The Morgan fingerprint density at radius 2 is 1.91 bits per heavy atom. The van der Waals surface area contributed by atoms with Crippen LogP contribution in [0.2, 0.25) is 0 Å². The molecule has 0 saturated heterocycles. The second kappa shape index (κ2) is 5.22. The molecule has 4 nitrogen and oxygen atoms in total. The van der Waals surface area contributed by atoms with Crippen molar-refractivity contribution in [3.05, 3.63) is 42.1 Å². The van der Waals surface area contributed by atoms with E-state index in [0.717, 1.165) is 24.1 Å². The van der Waals surface area contributed by atoms with Gasteiger partial charge in [0.1, 0.15) is 0 Å². The first-order valence-electron chi connectivity index (χ1n) is 8.07. The first-order valence-corrected chi connectivity index (χ1v) is 8.07. The Morgan fingerprint density at radius 1 is 1.26 bits per heavy atom. The van der Waals surface area contributed by atoms with Gasteiger partial charge in [0.05, 0.1) is 11.9 Å². The number of Topliss-reactive ketones (excluding diaryl/α,β-unsaturated/α-hetero) is 1. The van der Waals surface area contributed by atoms with Crippen LogP contribution in [0.15, 0.2) is 42.1 Å². The number of hydrogen-bond acceptors (Lipinski definition) is 4. The number of hydrogen-bond donors (Lipinski definition) is 0. The van der Waals surface area contributed by atoms with Crippen LogP contribution in [0.1, 0.15) is 40.5 Å². The summed E-state index contributed by atoms with van der Waals surface area (Å²) in [6, 6.07) is 9.35. The second-order valence-electron chi connectivity index (χ2n) is 7.30. The van der Waals surface area contributed by atoms with Crippen LogP contribution < -0.4 is 5.06 Å². The van der Waals surface area contributed by atoms with Gasteiger partial charge in [-0.2, -0.15) is 5.06 Å². The summed E-state index contributed by atoms with van der Waals surface area (Å²) in [4.78, 5) is 29.7. The number of nitrogens with zero attached hydrogens (tertiary/aromatic N) is 1. The maximum Gasteiger partial charge on any atom is 0.329 e. The molecule has 4 heteroatoms. The molecule has 3 rings (SSSR count). The number of anilines is 1. The lowest BCUT2D eigenvalue weighted by Crippen LogP contribution is -2.32. The maximum atomic E-state index is 12.9. The van der Waals surface area contributed by atoms with Crippen molar-refractivity contribution in [2.45, 2.75) is 40.5 Å². The highest BCUT2D eigenvalue weighted by atomic mass is 16.7. The minimum atomic E-state index is -0.410. The molecule has 1 aromatic carbocycles. The largest absolute Gasteiger partial charge is 0.337 e. The molecule has 2 saturated carbocycles. The van der Waals surface area contributed by atoms with Crippen LogP contribution in [-0.2, 0) is 14.4 Å². The number of allylic oxidation sites excluding steroid dienone is 1. The van der Waals surface area contributed by atoms with E-state index in [4.69, 9.17) is 4.84 Å². The van der Waals surface area contributed by atoms with Crippen LogP contribution in [-0.4, -0.2) is 11.8 Å². The van der Waals surface area contributed by atoms with E-state index in [1.54, 1.807) is 6.20 Å². The van der Waals surface area contributed by atoms with Crippen molar-refractivity contribution in [1.29, 1.82) is 0 Å². The predicted octanol–water partition coefficient (Wildman–Crippen LogP) is 3.88. The van der Waals surface area contributed by atoms with E-state index in [1.807, 2.05) is 30.3 Å². The molecule has 0 N–H and O–H groups in total. The zero-order valence-corrected chi connectivity index (χ0v) is 14.1. The normalized spacial score (nSPS) is 29.8. The number of hydroxylamine groups is 1. The van der Waals surface area contributed by atoms with Gasteiger partial charge in [0.2, 0.25) is 0 Å². The number of carbonyl (C=O) groups excluding carboxylic acids is 2. The molecular formula is C19H23NO3. The Kier molecular flexibility index (Phi) is 3.58. The van der Waals surface area contributed by atoms with Crippen LogP contribution in [0.4, 0.5) is 5.69 Å². The molecule has 0 heterocycles. The van der Waals surface area contributed by atoms with Gasteiger partial charge in [0.15, 0.2) is 5.78 Å². The van der Waals surface area contributed by atoms with E-state index >= 15 is 0 Å². The molecule has 0 unspecified atom stereocenters. The Balaban J connectivity index is 2.01. The van der Waals surface area contributed by atoms with Gasteiger partial charge in [-0.15, -0.1) is 0 Å².